The zero-order chi connectivity index (χ0) is 13.2. The molecule has 1 rings (SSSR count). The molecule has 0 bridgehead atoms. The van der Waals surface area contributed by atoms with Crippen molar-refractivity contribution in [2.75, 3.05) is 0 Å². The minimum absolute atomic E-state index is 0.0701. The Morgan fingerprint density at radius 3 is 1.76 bits per heavy atom. The molecular weight excluding hydrogens is 241 g/mol. The molecule has 0 aromatic heterocycles. The van der Waals surface area contributed by atoms with Crippen LogP contribution < -0.4 is 5.73 Å². The number of hydrogen-bond acceptors (Lipinski definition) is 1. The highest BCUT2D eigenvalue weighted by Gasteiger charge is 2.28. The number of halogens is 5. The van der Waals surface area contributed by atoms with Gasteiger partial charge in [0, 0.05) is 18.0 Å². The first-order chi connectivity index (χ1) is 7.91. The second-order valence-corrected chi connectivity index (χ2v) is 3.33. The van der Waals surface area contributed by atoms with Crippen LogP contribution in [0.3, 0.4) is 0 Å². The van der Waals surface area contributed by atoms with E-state index in [0.29, 0.717) is 0 Å². The van der Waals surface area contributed by atoms with Gasteiger partial charge in [-0.25, -0.2) is 22.0 Å². The van der Waals surface area contributed by atoms with Crippen molar-refractivity contribution in [3.63, 3.8) is 0 Å². The number of hydrogen-bond donors (Lipinski definition) is 1. The molecule has 0 saturated heterocycles. The van der Waals surface area contributed by atoms with Crippen molar-refractivity contribution in [2.45, 2.75) is 18.9 Å². The lowest BCUT2D eigenvalue weighted by molar-refractivity contribution is 0.362. The van der Waals surface area contributed by atoms with E-state index in [1.807, 2.05) is 0 Å². The second kappa shape index (κ2) is 5.15. The fourth-order valence-electron chi connectivity index (χ4n) is 1.33. The summed E-state index contributed by atoms with van der Waals surface area (Å²) in [4.78, 5) is 0. The van der Waals surface area contributed by atoms with Gasteiger partial charge in [-0.3, -0.25) is 0 Å². The lowest BCUT2D eigenvalue weighted by atomic mass is 10.0. The highest BCUT2D eigenvalue weighted by molar-refractivity contribution is 5.26. The van der Waals surface area contributed by atoms with E-state index in [-0.39, 0.29) is 12.8 Å². The molecule has 1 aromatic carbocycles. The van der Waals surface area contributed by atoms with Crippen molar-refractivity contribution in [3.05, 3.63) is 34.6 Å². The van der Waals surface area contributed by atoms with Crippen LogP contribution in [0.2, 0.25) is 0 Å². The molecule has 2 N–H and O–H groups in total. The zero-order valence-corrected chi connectivity index (χ0v) is 8.54. The number of benzene rings is 1. The molecule has 1 aromatic rings. The third kappa shape index (κ3) is 2.39. The Bertz CT molecular complexity index is 449. The van der Waals surface area contributed by atoms with Crippen LogP contribution in [-0.2, 0) is 0 Å². The van der Waals surface area contributed by atoms with Crippen LogP contribution in [0.4, 0.5) is 22.0 Å². The van der Waals surface area contributed by atoms with E-state index in [0.717, 1.165) is 0 Å². The fourth-order valence-corrected chi connectivity index (χ4v) is 1.33. The molecule has 1 unspecified atom stereocenters. The summed E-state index contributed by atoms with van der Waals surface area (Å²) in [5, 5.41) is 0. The third-order valence-corrected chi connectivity index (χ3v) is 2.21. The Hall–Kier alpha value is -1.61. The normalized spacial score (nSPS) is 12.3. The van der Waals surface area contributed by atoms with Gasteiger partial charge in [0.05, 0.1) is 0 Å². The topological polar surface area (TPSA) is 26.0 Å². The van der Waals surface area contributed by atoms with Crippen LogP contribution in [0.25, 0.3) is 0 Å². The fraction of sp³-hybridized carbons (Fsp3) is 0.273. The molecule has 0 radical (unpaired) electrons. The molecule has 92 valence electrons. The van der Waals surface area contributed by atoms with E-state index in [1.54, 1.807) is 0 Å². The number of terminal acetylenes is 1. The van der Waals surface area contributed by atoms with Gasteiger partial charge in [0.1, 0.15) is 0 Å². The average Bonchev–Trinajstić information content (AvgIpc) is 2.31. The van der Waals surface area contributed by atoms with Gasteiger partial charge in [-0.2, -0.15) is 0 Å². The minimum atomic E-state index is -2.20. The Kier molecular flexibility index (Phi) is 4.07. The van der Waals surface area contributed by atoms with E-state index in [1.165, 1.54) is 0 Å². The van der Waals surface area contributed by atoms with Gasteiger partial charge in [0.2, 0.25) is 5.82 Å². The molecule has 0 fully saturated rings. The van der Waals surface area contributed by atoms with E-state index in [9.17, 15) is 22.0 Å². The summed E-state index contributed by atoms with van der Waals surface area (Å²) in [5.41, 5.74) is 4.31. The first-order valence-electron chi connectivity index (χ1n) is 4.62. The number of nitrogens with two attached hydrogens (primary N) is 1. The van der Waals surface area contributed by atoms with Crippen molar-refractivity contribution in [1.29, 1.82) is 0 Å². The summed E-state index contributed by atoms with van der Waals surface area (Å²) in [6.07, 6.45) is 4.91. The summed E-state index contributed by atoms with van der Waals surface area (Å²) >= 11 is 0. The largest absolute Gasteiger partial charge is 0.324 e. The van der Waals surface area contributed by atoms with Crippen LogP contribution in [0.15, 0.2) is 0 Å². The van der Waals surface area contributed by atoms with Crippen molar-refractivity contribution in [1.82, 2.24) is 0 Å². The summed E-state index contributed by atoms with van der Waals surface area (Å²) in [7, 11) is 0. The maximum atomic E-state index is 13.2. The van der Waals surface area contributed by atoms with E-state index in [2.05, 4.69) is 5.92 Å². The van der Waals surface area contributed by atoms with E-state index >= 15 is 0 Å². The molecule has 6 heteroatoms. The highest BCUT2D eigenvalue weighted by Crippen LogP contribution is 2.28. The summed E-state index contributed by atoms with van der Waals surface area (Å²) < 4.78 is 64.8. The van der Waals surface area contributed by atoms with Gasteiger partial charge >= 0.3 is 0 Å². The van der Waals surface area contributed by atoms with Gasteiger partial charge in [-0.1, -0.05) is 0 Å². The SMILES string of the molecule is C#CCCC(N)c1c(F)c(F)c(F)c(F)c1F. The van der Waals surface area contributed by atoms with E-state index in [4.69, 9.17) is 12.2 Å². The Morgan fingerprint density at radius 2 is 1.35 bits per heavy atom. The summed E-state index contributed by atoms with van der Waals surface area (Å²) in [5.74, 6) is -7.87. The molecule has 1 atom stereocenters. The van der Waals surface area contributed by atoms with Gasteiger partial charge < -0.3 is 5.73 Å². The maximum absolute atomic E-state index is 13.2. The molecule has 0 amide bonds. The minimum Gasteiger partial charge on any atom is -0.324 e. The Labute approximate surface area is 94.4 Å². The smallest absolute Gasteiger partial charge is 0.200 e. The zero-order valence-electron chi connectivity index (χ0n) is 8.54. The first-order valence-corrected chi connectivity index (χ1v) is 4.62. The van der Waals surface area contributed by atoms with Gasteiger partial charge in [0.15, 0.2) is 23.3 Å². The highest BCUT2D eigenvalue weighted by atomic mass is 19.2. The molecule has 0 aliphatic heterocycles. The Balaban J connectivity index is 3.29. The lowest BCUT2D eigenvalue weighted by Crippen LogP contribution is -2.17. The van der Waals surface area contributed by atoms with Crippen molar-refractivity contribution < 1.29 is 22.0 Å². The Morgan fingerprint density at radius 1 is 0.941 bits per heavy atom. The van der Waals surface area contributed by atoms with Crippen molar-refractivity contribution >= 4 is 0 Å². The van der Waals surface area contributed by atoms with Crippen LogP contribution in [0.1, 0.15) is 24.4 Å². The first kappa shape index (κ1) is 13.5. The monoisotopic (exact) mass is 249 g/mol. The summed E-state index contributed by atoms with van der Waals surface area (Å²) in [6.45, 7) is 0. The van der Waals surface area contributed by atoms with Gasteiger partial charge in [0.25, 0.3) is 0 Å². The predicted octanol–water partition coefficient (Wildman–Crippen LogP) is 2.80. The maximum Gasteiger partial charge on any atom is 0.200 e. The van der Waals surface area contributed by atoms with E-state index < -0.39 is 40.7 Å². The number of rotatable bonds is 3. The quantitative estimate of drug-likeness (QED) is 0.379. The molecule has 0 aliphatic carbocycles. The molecule has 0 aliphatic rings. The van der Waals surface area contributed by atoms with Crippen LogP contribution in [0.5, 0.6) is 0 Å². The summed E-state index contributed by atoms with van der Waals surface area (Å²) in [6, 6.07) is -1.34. The van der Waals surface area contributed by atoms with Gasteiger partial charge in [-0.15, -0.1) is 12.3 Å². The predicted molar refractivity (Wildman–Crippen MR) is 51.2 cm³/mol. The third-order valence-electron chi connectivity index (χ3n) is 2.21. The van der Waals surface area contributed by atoms with Crippen LogP contribution in [0, 0.1) is 41.4 Å². The van der Waals surface area contributed by atoms with Crippen LogP contribution in [-0.4, -0.2) is 0 Å². The lowest BCUT2D eigenvalue weighted by Gasteiger charge is -2.14. The van der Waals surface area contributed by atoms with Gasteiger partial charge in [-0.05, 0) is 6.42 Å². The molecule has 17 heavy (non-hydrogen) atoms. The molecule has 0 heterocycles. The molecule has 0 saturated carbocycles. The van der Waals surface area contributed by atoms with Crippen molar-refractivity contribution in [2.24, 2.45) is 5.73 Å². The van der Waals surface area contributed by atoms with Crippen LogP contribution >= 0.6 is 0 Å². The average molecular weight is 249 g/mol. The molecule has 1 nitrogen and oxygen atoms in total. The second-order valence-electron chi connectivity index (χ2n) is 3.33. The molecule has 0 spiro atoms. The molecular formula is C11H8F5N. The standard InChI is InChI=1S/C11H8F5N/c1-2-3-4-5(17)6-7(12)9(14)11(16)10(15)8(6)13/h1,5H,3-4,17H2. The van der Waals surface area contributed by atoms with Crippen molar-refractivity contribution in [3.8, 4) is 12.3 Å².